The van der Waals surface area contributed by atoms with Crippen LogP contribution in [0.5, 0.6) is 0 Å². The predicted molar refractivity (Wildman–Crippen MR) is 70.6 cm³/mol. The number of hydrogen-bond acceptors (Lipinski definition) is 5. The van der Waals surface area contributed by atoms with Crippen LogP contribution in [0.4, 0.5) is 0 Å². The van der Waals surface area contributed by atoms with Crippen molar-refractivity contribution in [3.63, 3.8) is 0 Å². The topological polar surface area (TPSA) is 104 Å². The number of alkyl halides is 1. The molecule has 0 aliphatic rings. The second-order valence-electron chi connectivity index (χ2n) is 4.05. The fourth-order valence-electron chi connectivity index (χ4n) is 1.54. The highest BCUT2D eigenvalue weighted by atomic mass is 35.5. The Hall–Kier alpha value is -1.40. The Bertz CT molecular complexity index is 509. The van der Waals surface area contributed by atoms with Crippen LogP contribution < -0.4 is 17.2 Å². The number of rotatable bonds is 4. The Morgan fingerprint density at radius 3 is 2.39 bits per heavy atom. The van der Waals surface area contributed by atoms with Crippen LogP contribution in [0.1, 0.15) is 17.4 Å². The fourth-order valence-corrected chi connectivity index (χ4v) is 1.71. The first-order valence-electron chi connectivity index (χ1n) is 5.50. The zero-order valence-corrected chi connectivity index (χ0v) is 10.5. The Morgan fingerprint density at radius 2 is 1.83 bits per heavy atom. The Balaban J connectivity index is 2.23. The minimum absolute atomic E-state index is 0.474. The van der Waals surface area contributed by atoms with Crippen molar-refractivity contribution in [3.05, 3.63) is 41.7 Å². The van der Waals surface area contributed by atoms with Gasteiger partial charge in [0.25, 0.3) is 0 Å². The first-order chi connectivity index (χ1) is 8.61. The molecular weight excluding hydrogens is 252 g/mol. The first-order valence-corrected chi connectivity index (χ1v) is 6.04. The van der Waals surface area contributed by atoms with Crippen molar-refractivity contribution in [2.24, 2.45) is 17.2 Å². The van der Waals surface area contributed by atoms with Crippen LogP contribution in [-0.2, 0) is 5.88 Å². The van der Waals surface area contributed by atoms with Gasteiger partial charge in [-0.05, 0) is 5.56 Å². The molecule has 0 amide bonds. The molecule has 6 N–H and O–H groups in total. The molecule has 1 unspecified atom stereocenters. The minimum atomic E-state index is -0.676. The van der Waals surface area contributed by atoms with Gasteiger partial charge in [-0.25, -0.2) is 0 Å². The van der Waals surface area contributed by atoms with Gasteiger partial charge in [0.05, 0.1) is 12.2 Å². The summed E-state index contributed by atoms with van der Waals surface area (Å²) in [5.74, 6) is 0.957. The fraction of sp³-hybridized carbons (Fsp3) is 0.250. The second kappa shape index (κ2) is 5.49. The van der Waals surface area contributed by atoms with E-state index in [-0.39, 0.29) is 0 Å². The van der Waals surface area contributed by atoms with E-state index >= 15 is 0 Å². The molecule has 1 heterocycles. The third kappa shape index (κ3) is 2.70. The number of halogens is 1. The van der Waals surface area contributed by atoms with Crippen LogP contribution in [0.25, 0.3) is 11.3 Å². The van der Waals surface area contributed by atoms with Crippen LogP contribution in [0, 0.1) is 0 Å². The van der Waals surface area contributed by atoms with Gasteiger partial charge in [0.15, 0.2) is 5.76 Å². The zero-order chi connectivity index (χ0) is 13.1. The van der Waals surface area contributed by atoms with Gasteiger partial charge >= 0.3 is 0 Å². The summed E-state index contributed by atoms with van der Waals surface area (Å²) in [6, 6.07) is 8.90. The maximum Gasteiger partial charge on any atom is 0.157 e. The molecule has 18 heavy (non-hydrogen) atoms. The monoisotopic (exact) mass is 266 g/mol. The molecule has 0 radical (unpaired) electrons. The lowest BCUT2D eigenvalue weighted by Crippen LogP contribution is -2.41. The highest BCUT2D eigenvalue weighted by Crippen LogP contribution is 2.22. The van der Waals surface area contributed by atoms with Crippen LogP contribution in [0.2, 0.25) is 0 Å². The molecule has 0 aliphatic heterocycles. The number of aromatic nitrogens is 1. The first kappa shape index (κ1) is 13.0. The van der Waals surface area contributed by atoms with E-state index in [4.69, 9.17) is 33.3 Å². The average molecular weight is 267 g/mol. The van der Waals surface area contributed by atoms with E-state index in [1.54, 1.807) is 6.07 Å². The zero-order valence-electron chi connectivity index (χ0n) is 9.71. The molecule has 0 saturated heterocycles. The predicted octanol–water partition coefficient (Wildman–Crippen LogP) is 1.32. The van der Waals surface area contributed by atoms with E-state index in [9.17, 15) is 0 Å². The molecule has 5 nitrogen and oxygen atoms in total. The number of nitrogens with two attached hydrogens (primary N) is 3. The van der Waals surface area contributed by atoms with Crippen molar-refractivity contribution in [3.8, 4) is 11.3 Å². The summed E-state index contributed by atoms with van der Waals surface area (Å²) in [6.07, 6.45) is -0.676. The van der Waals surface area contributed by atoms with E-state index in [1.165, 1.54) is 0 Å². The lowest BCUT2D eigenvalue weighted by molar-refractivity contribution is 0.346. The molecule has 0 bridgehead atoms. The van der Waals surface area contributed by atoms with Gasteiger partial charge < -0.3 is 21.7 Å². The molecule has 1 atom stereocenters. The van der Waals surface area contributed by atoms with Crippen molar-refractivity contribution < 1.29 is 4.52 Å². The number of hydrogen-bond donors (Lipinski definition) is 3. The molecule has 2 rings (SSSR count). The van der Waals surface area contributed by atoms with Crippen LogP contribution in [0.15, 0.2) is 34.9 Å². The Kier molecular flexibility index (Phi) is 3.98. The minimum Gasteiger partial charge on any atom is -0.359 e. The van der Waals surface area contributed by atoms with Gasteiger partial charge in [0.2, 0.25) is 0 Å². The average Bonchev–Trinajstić information content (AvgIpc) is 2.87. The SMILES string of the molecule is NC(N)C(N)c1cc(-c2ccc(CCl)cc2)no1. The normalized spacial score (nSPS) is 12.9. The van der Waals surface area contributed by atoms with E-state index in [0.29, 0.717) is 17.3 Å². The molecule has 1 aromatic heterocycles. The van der Waals surface area contributed by atoms with E-state index in [0.717, 1.165) is 11.1 Å². The summed E-state index contributed by atoms with van der Waals surface area (Å²) in [5.41, 5.74) is 19.5. The van der Waals surface area contributed by atoms with Crippen LogP contribution in [-0.4, -0.2) is 11.3 Å². The maximum absolute atomic E-state index is 5.77. The molecule has 0 aliphatic carbocycles. The maximum atomic E-state index is 5.77. The van der Waals surface area contributed by atoms with Crippen molar-refractivity contribution in [1.29, 1.82) is 0 Å². The summed E-state index contributed by atoms with van der Waals surface area (Å²) < 4.78 is 5.14. The van der Waals surface area contributed by atoms with E-state index in [1.807, 2.05) is 24.3 Å². The Labute approximate surface area is 110 Å². The summed E-state index contributed by atoms with van der Waals surface area (Å²) >= 11 is 5.73. The van der Waals surface area contributed by atoms with Crippen molar-refractivity contribution in [2.75, 3.05) is 0 Å². The van der Waals surface area contributed by atoms with Gasteiger partial charge in [-0.2, -0.15) is 0 Å². The number of benzene rings is 1. The van der Waals surface area contributed by atoms with Crippen molar-refractivity contribution in [2.45, 2.75) is 18.1 Å². The van der Waals surface area contributed by atoms with Gasteiger partial charge in [0.1, 0.15) is 5.69 Å². The number of nitrogens with zero attached hydrogens (tertiary/aromatic N) is 1. The third-order valence-electron chi connectivity index (χ3n) is 2.68. The van der Waals surface area contributed by atoms with Gasteiger partial charge in [-0.1, -0.05) is 29.4 Å². The molecule has 2 aromatic rings. The van der Waals surface area contributed by atoms with E-state index < -0.39 is 12.2 Å². The highest BCUT2D eigenvalue weighted by molar-refractivity contribution is 6.17. The summed E-state index contributed by atoms with van der Waals surface area (Å²) in [7, 11) is 0. The highest BCUT2D eigenvalue weighted by Gasteiger charge is 2.17. The van der Waals surface area contributed by atoms with Crippen molar-refractivity contribution in [1.82, 2.24) is 5.16 Å². The smallest absolute Gasteiger partial charge is 0.157 e. The third-order valence-corrected chi connectivity index (χ3v) is 2.98. The summed E-state index contributed by atoms with van der Waals surface area (Å²) in [4.78, 5) is 0. The molecule has 0 saturated carbocycles. The molecule has 0 spiro atoms. The van der Waals surface area contributed by atoms with Gasteiger partial charge in [-0.15, -0.1) is 11.6 Å². The lowest BCUT2D eigenvalue weighted by Gasteiger charge is -2.10. The molecule has 6 heteroatoms. The molecule has 1 aromatic carbocycles. The Morgan fingerprint density at radius 1 is 1.17 bits per heavy atom. The summed E-state index contributed by atoms with van der Waals surface area (Å²) in [6.45, 7) is 0. The standard InChI is InChI=1S/C12H15ClN4O/c13-6-7-1-3-8(4-2-7)9-5-10(18-17-9)11(14)12(15)16/h1-5,11-12H,6,14-16H2. The molecular formula is C12H15ClN4O. The van der Waals surface area contributed by atoms with Gasteiger partial charge in [-0.3, -0.25) is 0 Å². The molecule has 0 fully saturated rings. The van der Waals surface area contributed by atoms with Crippen LogP contribution >= 0.6 is 11.6 Å². The molecule has 96 valence electrons. The second-order valence-corrected chi connectivity index (χ2v) is 4.32. The van der Waals surface area contributed by atoms with Gasteiger partial charge in [0, 0.05) is 17.5 Å². The summed E-state index contributed by atoms with van der Waals surface area (Å²) in [5, 5.41) is 3.95. The van der Waals surface area contributed by atoms with Crippen LogP contribution in [0.3, 0.4) is 0 Å². The van der Waals surface area contributed by atoms with Crippen molar-refractivity contribution >= 4 is 11.6 Å². The largest absolute Gasteiger partial charge is 0.359 e. The quantitative estimate of drug-likeness (QED) is 0.572. The lowest BCUT2D eigenvalue weighted by atomic mass is 10.1. The van der Waals surface area contributed by atoms with E-state index in [2.05, 4.69) is 5.16 Å².